The summed E-state index contributed by atoms with van der Waals surface area (Å²) in [6, 6.07) is 12.6. The van der Waals surface area contributed by atoms with Crippen molar-refractivity contribution in [3.63, 3.8) is 0 Å². The van der Waals surface area contributed by atoms with E-state index in [9.17, 15) is 9.90 Å². The Hall–Kier alpha value is -1.87. The molecule has 0 radical (unpaired) electrons. The zero-order valence-electron chi connectivity index (χ0n) is 10.4. The number of phenolic OH excluding ortho intramolecular Hbond substituents is 1. The van der Waals surface area contributed by atoms with Crippen LogP contribution in [0.3, 0.4) is 0 Å². The average Bonchev–Trinajstić information content (AvgIpc) is 2.39. The number of benzene rings is 2. The quantitative estimate of drug-likeness (QED) is 0.674. The number of hydrogen-bond donors (Lipinski definition) is 1. The van der Waals surface area contributed by atoms with Crippen molar-refractivity contribution in [2.45, 2.75) is 6.92 Å². The van der Waals surface area contributed by atoms with Crippen molar-refractivity contribution >= 4 is 27.8 Å². The van der Waals surface area contributed by atoms with Crippen molar-refractivity contribution in [3.8, 4) is 5.75 Å². The molecular formula is C16H13BrO2. The molecule has 1 N–H and O–H groups in total. The lowest BCUT2D eigenvalue weighted by Gasteiger charge is -2.01. The van der Waals surface area contributed by atoms with Crippen molar-refractivity contribution in [3.05, 3.63) is 69.7 Å². The SMILES string of the molecule is Cc1ccc(O)c(C(=O)C=Cc2cccc(Br)c2)c1. The second-order valence-corrected chi connectivity index (χ2v) is 5.19. The molecule has 2 nitrogen and oxygen atoms in total. The van der Waals surface area contributed by atoms with Crippen LogP contribution in [-0.2, 0) is 0 Å². The molecule has 0 amide bonds. The normalized spacial score (nSPS) is 10.8. The van der Waals surface area contributed by atoms with Gasteiger partial charge in [0.05, 0.1) is 5.56 Å². The van der Waals surface area contributed by atoms with Gasteiger partial charge in [0, 0.05) is 4.47 Å². The molecule has 0 aliphatic rings. The summed E-state index contributed by atoms with van der Waals surface area (Å²) in [6.45, 7) is 1.88. The Kier molecular flexibility index (Phi) is 4.17. The molecule has 0 atom stereocenters. The topological polar surface area (TPSA) is 37.3 Å². The molecule has 0 unspecified atom stereocenters. The Labute approximate surface area is 120 Å². The summed E-state index contributed by atoms with van der Waals surface area (Å²) in [5.74, 6) is -0.198. The van der Waals surface area contributed by atoms with Crippen LogP contribution in [-0.4, -0.2) is 10.9 Å². The first-order valence-corrected chi connectivity index (χ1v) is 6.63. The first-order valence-electron chi connectivity index (χ1n) is 5.84. The van der Waals surface area contributed by atoms with E-state index in [1.54, 1.807) is 18.2 Å². The van der Waals surface area contributed by atoms with Gasteiger partial charge >= 0.3 is 0 Å². The Morgan fingerprint density at radius 2 is 2.00 bits per heavy atom. The number of aromatic hydroxyl groups is 1. The summed E-state index contributed by atoms with van der Waals surface area (Å²) >= 11 is 3.38. The molecule has 0 bridgehead atoms. The molecule has 0 saturated heterocycles. The lowest BCUT2D eigenvalue weighted by atomic mass is 10.1. The number of hydrogen-bond acceptors (Lipinski definition) is 2. The van der Waals surface area contributed by atoms with Gasteiger partial charge in [-0.15, -0.1) is 0 Å². The molecule has 96 valence electrons. The van der Waals surface area contributed by atoms with E-state index < -0.39 is 0 Å². The number of allylic oxidation sites excluding steroid dienone is 1. The summed E-state index contributed by atoms with van der Waals surface area (Å²) in [6.07, 6.45) is 3.20. The fraction of sp³-hybridized carbons (Fsp3) is 0.0625. The van der Waals surface area contributed by atoms with E-state index in [-0.39, 0.29) is 11.5 Å². The van der Waals surface area contributed by atoms with Gasteiger partial charge in [-0.25, -0.2) is 0 Å². The largest absolute Gasteiger partial charge is 0.507 e. The Bertz CT molecular complexity index is 645. The maximum Gasteiger partial charge on any atom is 0.189 e. The van der Waals surface area contributed by atoms with Crippen molar-refractivity contribution in [1.29, 1.82) is 0 Å². The Morgan fingerprint density at radius 3 is 2.74 bits per heavy atom. The number of phenols is 1. The number of carbonyl (C=O) groups excluding carboxylic acids is 1. The third kappa shape index (κ3) is 3.55. The fourth-order valence-electron chi connectivity index (χ4n) is 1.72. The van der Waals surface area contributed by atoms with E-state index in [1.807, 2.05) is 31.2 Å². The molecule has 19 heavy (non-hydrogen) atoms. The van der Waals surface area contributed by atoms with E-state index >= 15 is 0 Å². The highest BCUT2D eigenvalue weighted by Gasteiger charge is 2.07. The van der Waals surface area contributed by atoms with Crippen LogP contribution in [0.15, 0.2) is 53.0 Å². The van der Waals surface area contributed by atoms with Gasteiger partial charge in [-0.3, -0.25) is 4.79 Å². The number of carbonyl (C=O) groups is 1. The van der Waals surface area contributed by atoms with Crippen LogP contribution in [0.4, 0.5) is 0 Å². The molecular weight excluding hydrogens is 304 g/mol. The molecule has 2 aromatic rings. The van der Waals surface area contributed by atoms with E-state index in [0.29, 0.717) is 5.56 Å². The van der Waals surface area contributed by atoms with Crippen LogP contribution in [0.2, 0.25) is 0 Å². The van der Waals surface area contributed by atoms with Crippen LogP contribution >= 0.6 is 15.9 Å². The summed E-state index contributed by atoms with van der Waals surface area (Å²) in [7, 11) is 0. The van der Waals surface area contributed by atoms with Crippen LogP contribution in [0.5, 0.6) is 5.75 Å². The maximum atomic E-state index is 12.0. The summed E-state index contributed by atoms with van der Waals surface area (Å²) in [5.41, 5.74) is 2.19. The molecule has 0 aromatic heterocycles. The lowest BCUT2D eigenvalue weighted by Crippen LogP contribution is -1.95. The molecule has 2 rings (SSSR count). The molecule has 0 heterocycles. The highest BCUT2D eigenvalue weighted by atomic mass is 79.9. The van der Waals surface area contributed by atoms with Crippen molar-refractivity contribution < 1.29 is 9.90 Å². The third-order valence-corrected chi connectivity index (χ3v) is 3.19. The Balaban J connectivity index is 2.23. The minimum atomic E-state index is -0.207. The van der Waals surface area contributed by atoms with Gasteiger partial charge in [0.1, 0.15) is 5.75 Å². The first kappa shape index (κ1) is 13.6. The number of aryl methyl sites for hydroxylation is 1. The van der Waals surface area contributed by atoms with Gasteiger partial charge in [-0.05, 0) is 42.8 Å². The van der Waals surface area contributed by atoms with Crippen LogP contribution in [0.1, 0.15) is 21.5 Å². The van der Waals surface area contributed by atoms with Crippen molar-refractivity contribution in [2.24, 2.45) is 0 Å². The smallest absolute Gasteiger partial charge is 0.189 e. The second-order valence-electron chi connectivity index (χ2n) is 4.27. The van der Waals surface area contributed by atoms with Crippen LogP contribution in [0.25, 0.3) is 6.08 Å². The van der Waals surface area contributed by atoms with Gasteiger partial charge in [-0.1, -0.05) is 45.8 Å². The average molecular weight is 317 g/mol. The molecule has 0 fully saturated rings. The van der Waals surface area contributed by atoms with Crippen molar-refractivity contribution in [2.75, 3.05) is 0 Å². The van der Waals surface area contributed by atoms with E-state index in [1.165, 1.54) is 12.1 Å². The molecule has 2 aromatic carbocycles. The highest BCUT2D eigenvalue weighted by molar-refractivity contribution is 9.10. The van der Waals surface area contributed by atoms with E-state index in [4.69, 9.17) is 0 Å². The minimum Gasteiger partial charge on any atom is -0.507 e. The monoisotopic (exact) mass is 316 g/mol. The minimum absolute atomic E-state index is 0.00879. The van der Waals surface area contributed by atoms with Gasteiger partial charge in [0.25, 0.3) is 0 Å². The predicted molar refractivity (Wildman–Crippen MR) is 80.4 cm³/mol. The molecule has 0 aliphatic heterocycles. The highest BCUT2D eigenvalue weighted by Crippen LogP contribution is 2.20. The summed E-state index contributed by atoms with van der Waals surface area (Å²) in [5, 5.41) is 9.68. The first-order chi connectivity index (χ1) is 9.06. The van der Waals surface area contributed by atoms with Crippen LogP contribution < -0.4 is 0 Å². The maximum absolute atomic E-state index is 12.0. The molecule has 0 spiro atoms. The van der Waals surface area contributed by atoms with Crippen LogP contribution in [0, 0.1) is 6.92 Å². The number of ketones is 1. The zero-order chi connectivity index (χ0) is 13.8. The third-order valence-electron chi connectivity index (χ3n) is 2.69. The van der Waals surface area contributed by atoms with Gasteiger partial charge in [-0.2, -0.15) is 0 Å². The number of halogens is 1. The lowest BCUT2D eigenvalue weighted by molar-refractivity contribution is 0.104. The fourth-order valence-corrected chi connectivity index (χ4v) is 2.14. The summed E-state index contributed by atoms with van der Waals surface area (Å²) < 4.78 is 0.959. The molecule has 0 saturated carbocycles. The van der Waals surface area contributed by atoms with E-state index in [0.717, 1.165) is 15.6 Å². The van der Waals surface area contributed by atoms with Gasteiger partial charge in [0.2, 0.25) is 0 Å². The summed E-state index contributed by atoms with van der Waals surface area (Å²) in [4.78, 5) is 12.0. The second kappa shape index (κ2) is 5.85. The van der Waals surface area contributed by atoms with E-state index in [2.05, 4.69) is 15.9 Å². The zero-order valence-corrected chi connectivity index (χ0v) is 12.0. The molecule has 0 aliphatic carbocycles. The predicted octanol–water partition coefficient (Wildman–Crippen LogP) is 4.36. The van der Waals surface area contributed by atoms with Crippen molar-refractivity contribution in [1.82, 2.24) is 0 Å². The number of rotatable bonds is 3. The Morgan fingerprint density at radius 1 is 1.21 bits per heavy atom. The standard InChI is InChI=1S/C16H13BrO2/c1-11-5-7-15(18)14(9-11)16(19)8-6-12-3-2-4-13(17)10-12/h2-10,18H,1H3. The van der Waals surface area contributed by atoms with Gasteiger partial charge in [0.15, 0.2) is 5.78 Å². The molecule has 3 heteroatoms. The van der Waals surface area contributed by atoms with Gasteiger partial charge < -0.3 is 5.11 Å².